The molecule has 2 N–H and O–H groups in total. The molecule has 1 rings (SSSR count). The van der Waals surface area contributed by atoms with Crippen molar-refractivity contribution in [3.05, 3.63) is 35.6 Å². The number of nitrogens with one attached hydrogen (secondary N) is 1. The summed E-state index contributed by atoms with van der Waals surface area (Å²) < 4.78 is 13.5. The minimum Gasteiger partial charge on any atom is -0.387 e. The highest BCUT2D eigenvalue weighted by Gasteiger charge is 2.10. The van der Waals surface area contributed by atoms with Crippen LogP contribution in [0, 0.1) is 5.82 Å². The van der Waals surface area contributed by atoms with Crippen LogP contribution in [0.2, 0.25) is 0 Å². The zero-order chi connectivity index (χ0) is 15.3. The predicted octanol–water partition coefficient (Wildman–Crippen LogP) is 4.59. The average Bonchev–Trinajstić information content (AvgIpc) is 2.49. The Labute approximate surface area is 128 Å². The van der Waals surface area contributed by atoms with E-state index in [1.807, 2.05) is 0 Å². The fourth-order valence-corrected chi connectivity index (χ4v) is 2.48. The Bertz CT molecular complexity index is 370. The Balaban J connectivity index is 1.98. The highest BCUT2D eigenvalue weighted by Crippen LogP contribution is 2.15. The Morgan fingerprint density at radius 3 is 2.29 bits per heavy atom. The molecule has 2 nitrogen and oxygen atoms in total. The van der Waals surface area contributed by atoms with Gasteiger partial charge in [0.25, 0.3) is 0 Å². The van der Waals surface area contributed by atoms with E-state index in [1.165, 1.54) is 51.0 Å². The molecule has 1 atom stereocenters. The molecule has 0 radical (unpaired) electrons. The van der Waals surface area contributed by atoms with Crippen molar-refractivity contribution >= 4 is 0 Å². The van der Waals surface area contributed by atoms with Crippen molar-refractivity contribution in [1.82, 2.24) is 5.32 Å². The quantitative estimate of drug-likeness (QED) is 0.553. The summed E-state index contributed by atoms with van der Waals surface area (Å²) in [6.07, 6.45) is 9.59. The number of unbranched alkanes of at least 4 members (excludes halogenated alkanes) is 7. The van der Waals surface area contributed by atoms with Crippen LogP contribution in [0.5, 0.6) is 0 Å². The topological polar surface area (TPSA) is 32.3 Å². The van der Waals surface area contributed by atoms with Crippen LogP contribution < -0.4 is 5.32 Å². The third-order valence-corrected chi connectivity index (χ3v) is 3.81. The number of hydrogen-bond donors (Lipinski definition) is 2. The van der Waals surface area contributed by atoms with Crippen LogP contribution in [0.1, 0.15) is 70.0 Å². The molecule has 0 saturated carbocycles. The van der Waals surface area contributed by atoms with E-state index in [-0.39, 0.29) is 5.82 Å². The second kappa shape index (κ2) is 11.7. The van der Waals surface area contributed by atoms with Crippen molar-refractivity contribution in [2.24, 2.45) is 0 Å². The summed E-state index contributed by atoms with van der Waals surface area (Å²) >= 11 is 0. The van der Waals surface area contributed by atoms with Gasteiger partial charge in [-0.2, -0.15) is 0 Å². The molecule has 1 unspecified atom stereocenters. The van der Waals surface area contributed by atoms with Crippen molar-refractivity contribution in [3.8, 4) is 0 Å². The summed E-state index contributed by atoms with van der Waals surface area (Å²) in [5, 5.41) is 13.1. The number of hydrogen-bond acceptors (Lipinski definition) is 2. The number of benzene rings is 1. The van der Waals surface area contributed by atoms with Crippen LogP contribution in [-0.2, 0) is 0 Å². The van der Waals surface area contributed by atoms with Gasteiger partial charge >= 0.3 is 0 Å². The number of aliphatic hydroxyl groups excluding tert-OH is 1. The SMILES string of the molecule is CCCCCCCCCCNCC(O)c1ccccc1F. The van der Waals surface area contributed by atoms with Gasteiger partial charge in [0.1, 0.15) is 5.82 Å². The van der Waals surface area contributed by atoms with Crippen molar-refractivity contribution < 1.29 is 9.50 Å². The van der Waals surface area contributed by atoms with E-state index in [4.69, 9.17) is 0 Å². The van der Waals surface area contributed by atoms with E-state index in [2.05, 4.69) is 12.2 Å². The molecule has 0 saturated heterocycles. The predicted molar refractivity (Wildman–Crippen MR) is 86.8 cm³/mol. The lowest BCUT2D eigenvalue weighted by molar-refractivity contribution is 0.170. The van der Waals surface area contributed by atoms with Gasteiger partial charge in [0, 0.05) is 12.1 Å². The maximum atomic E-state index is 13.5. The van der Waals surface area contributed by atoms with Crippen LogP contribution >= 0.6 is 0 Å². The van der Waals surface area contributed by atoms with Crippen molar-refractivity contribution in [3.63, 3.8) is 0 Å². The second-order valence-corrected chi connectivity index (χ2v) is 5.72. The van der Waals surface area contributed by atoms with Gasteiger partial charge < -0.3 is 10.4 Å². The number of halogens is 1. The maximum absolute atomic E-state index is 13.5. The highest BCUT2D eigenvalue weighted by molar-refractivity contribution is 5.19. The lowest BCUT2D eigenvalue weighted by Gasteiger charge is -2.12. The first-order chi connectivity index (χ1) is 10.3. The van der Waals surface area contributed by atoms with Crippen molar-refractivity contribution in [2.45, 2.75) is 64.4 Å². The smallest absolute Gasteiger partial charge is 0.129 e. The monoisotopic (exact) mass is 295 g/mol. The zero-order valence-corrected chi connectivity index (χ0v) is 13.3. The van der Waals surface area contributed by atoms with Crippen LogP contribution in [-0.4, -0.2) is 18.2 Å². The first-order valence-corrected chi connectivity index (χ1v) is 8.39. The standard InChI is InChI=1S/C18H30FNO/c1-2-3-4-5-6-7-8-11-14-20-15-18(21)16-12-9-10-13-17(16)19/h9-10,12-13,18,20-21H,2-8,11,14-15H2,1H3. The third-order valence-electron chi connectivity index (χ3n) is 3.81. The normalized spacial score (nSPS) is 12.5. The highest BCUT2D eigenvalue weighted by atomic mass is 19.1. The van der Waals surface area contributed by atoms with Gasteiger partial charge in [0.2, 0.25) is 0 Å². The summed E-state index contributed by atoms with van der Waals surface area (Å²) in [5.41, 5.74) is 0.376. The molecule has 21 heavy (non-hydrogen) atoms. The van der Waals surface area contributed by atoms with Gasteiger partial charge in [-0.3, -0.25) is 0 Å². The lowest BCUT2D eigenvalue weighted by atomic mass is 10.1. The molecular formula is C18H30FNO. The largest absolute Gasteiger partial charge is 0.387 e. The van der Waals surface area contributed by atoms with Crippen LogP contribution in [0.15, 0.2) is 24.3 Å². The van der Waals surface area contributed by atoms with Crippen LogP contribution in [0.4, 0.5) is 4.39 Å². The fraction of sp³-hybridized carbons (Fsp3) is 0.667. The Kier molecular flexibility index (Phi) is 10.1. The number of aliphatic hydroxyl groups is 1. The van der Waals surface area contributed by atoms with Crippen LogP contribution in [0.25, 0.3) is 0 Å². The van der Waals surface area contributed by atoms with Crippen molar-refractivity contribution in [2.75, 3.05) is 13.1 Å². The van der Waals surface area contributed by atoms with Gasteiger partial charge in [0.05, 0.1) is 6.10 Å². The molecule has 0 aliphatic rings. The van der Waals surface area contributed by atoms with E-state index in [0.717, 1.165) is 13.0 Å². The lowest BCUT2D eigenvalue weighted by Crippen LogP contribution is -2.23. The minimum atomic E-state index is -0.764. The average molecular weight is 295 g/mol. The summed E-state index contributed by atoms with van der Waals surface area (Å²) in [5.74, 6) is -0.334. The van der Waals surface area contributed by atoms with E-state index < -0.39 is 6.10 Å². The zero-order valence-electron chi connectivity index (χ0n) is 13.3. The van der Waals surface area contributed by atoms with E-state index in [9.17, 15) is 9.50 Å². The third kappa shape index (κ3) is 8.18. The summed E-state index contributed by atoms with van der Waals surface area (Å²) in [4.78, 5) is 0. The molecule has 120 valence electrons. The molecular weight excluding hydrogens is 265 g/mol. The number of rotatable bonds is 12. The summed E-state index contributed by atoms with van der Waals surface area (Å²) in [7, 11) is 0. The summed E-state index contributed by atoms with van der Waals surface area (Å²) in [6, 6.07) is 6.41. The second-order valence-electron chi connectivity index (χ2n) is 5.72. The molecule has 0 aliphatic heterocycles. The van der Waals surface area contributed by atoms with Crippen molar-refractivity contribution in [1.29, 1.82) is 0 Å². The summed E-state index contributed by atoms with van der Waals surface area (Å²) in [6.45, 7) is 3.54. The molecule has 3 heteroatoms. The first-order valence-electron chi connectivity index (χ1n) is 8.39. The molecule has 1 aromatic rings. The van der Waals surface area contributed by atoms with E-state index in [1.54, 1.807) is 18.2 Å². The maximum Gasteiger partial charge on any atom is 0.129 e. The molecule has 0 amide bonds. The van der Waals surface area contributed by atoms with Gasteiger partial charge in [-0.15, -0.1) is 0 Å². The molecule has 1 aromatic carbocycles. The Hall–Kier alpha value is -0.930. The molecule has 0 fully saturated rings. The fourth-order valence-electron chi connectivity index (χ4n) is 2.48. The van der Waals surface area contributed by atoms with Gasteiger partial charge in [-0.25, -0.2) is 4.39 Å². The van der Waals surface area contributed by atoms with Gasteiger partial charge in [-0.1, -0.05) is 70.1 Å². The molecule has 0 aromatic heterocycles. The Morgan fingerprint density at radius 2 is 1.62 bits per heavy atom. The van der Waals surface area contributed by atoms with Gasteiger partial charge in [-0.05, 0) is 19.0 Å². The van der Waals surface area contributed by atoms with E-state index >= 15 is 0 Å². The minimum absolute atomic E-state index is 0.334. The van der Waals surface area contributed by atoms with Gasteiger partial charge in [0.15, 0.2) is 0 Å². The van der Waals surface area contributed by atoms with Crippen LogP contribution in [0.3, 0.4) is 0 Å². The Morgan fingerprint density at radius 1 is 1.00 bits per heavy atom. The first kappa shape index (κ1) is 18.1. The molecule has 0 bridgehead atoms. The van der Waals surface area contributed by atoms with E-state index in [0.29, 0.717) is 12.1 Å². The molecule has 0 spiro atoms. The molecule has 0 aliphatic carbocycles. The molecule has 0 heterocycles.